The minimum absolute atomic E-state index is 0.350. The second-order valence-electron chi connectivity index (χ2n) is 1.47. The van der Waals surface area contributed by atoms with E-state index < -0.39 is 12.0 Å². The highest BCUT2D eigenvalue weighted by molar-refractivity contribution is 5.84. The molecule has 0 rings (SSSR count). The zero-order chi connectivity index (χ0) is 9.98. The normalized spacial score (nSPS) is 7.17. The Morgan fingerprint density at radius 1 is 1.67 bits per heavy atom. The van der Waals surface area contributed by atoms with Gasteiger partial charge in [0.1, 0.15) is 0 Å². The van der Waals surface area contributed by atoms with E-state index in [0.717, 1.165) is 6.08 Å². The summed E-state index contributed by atoms with van der Waals surface area (Å²) in [6.07, 6.45) is 0.461. The first-order chi connectivity index (χ1) is 5.58. The molecule has 12 heavy (non-hydrogen) atoms. The Hall–Kier alpha value is -1.56. The van der Waals surface area contributed by atoms with E-state index in [0.29, 0.717) is 6.61 Å². The summed E-state index contributed by atoms with van der Waals surface area (Å²) in [6, 6.07) is 0. The number of hydrogen-bond donors (Lipinski definition) is 3. The van der Waals surface area contributed by atoms with Gasteiger partial charge in [0.25, 0.3) is 0 Å². The molecule has 0 aliphatic heterocycles. The first-order valence-electron chi connectivity index (χ1n) is 3.13. The van der Waals surface area contributed by atoms with Crippen molar-refractivity contribution in [2.45, 2.75) is 6.92 Å². The van der Waals surface area contributed by atoms with Crippen molar-refractivity contribution in [2.75, 3.05) is 6.61 Å². The molecule has 5 N–H and O–H groups in total. The molecule has 0 spiro atoms. The standard InChI is InChI=1S/C3H8N2O2.C3H5NO/c1-2-7-3(6)5-4;1-2-3(4)5/h2,4H2,1H3,(H,5,6);2H,1H2,(H2,4,5). The lowest BCUT2D eigenvalue weighted by Gasteiger charge is -1.95. The third kappa shape index (κ3) is 15.8. The Bertz CT molecular complexity index is 158. The number of nitrogens with two attached hydrogens (primary N) is 2. The van der Waals surface area contributed by atoms with Gasteiger partial charge < -0.3 is 10.5 Å². The van der Waals surface area contributed by atoms with Gasteiger partial charge in [-0.3, -0.25) is 10.2 Å². The van der Waals surface area contributed by atoms with Gasteiger partial charge in [-0.25, -0.2) is 10.6 Å². The molecule has 0 heterocycles. The maximum atomic E-state index is 9.95. The highest BCUT2D eigenvalue weighted by atomic mass is 16.5. The van der Waals surface area contributed by atoms with Gasteiger partial charge in [-0.05, 0) is 13.0 Å². The van der Waals surface area contributed by atoms with Crippen LogP contribution in [0.5, 0.6) is 0 Å². The van der Waals surface area contributed by atoms with Crippen LogP contribution in [0.2, 0.25) is 0 Å². The topological polar surface area (TPSA) is 107 Å². The Kier molecular flexibility index (Phi) is 10.3. The third-order valence-corrected chi connectivity index (χ3v) is 0.594. The number of nitrogens with one attached hydrogen (secondary N) is 1. The van der Waals surface area contributed by atoms with Crippen molar-refractivity contribution in [1.82, 2.24) is 5.43 Å². The van der Waals surface area contributed by atoms with Crippen LogP contribution in [0.15, 0.2) is 12.7 Å². The van der Waals surface area contributed by atoms with Crippen LogP contribution >= 0.6 is 0 Å². The molecule has 0 radical (unpaired) electrons. The number of hydrazine groups is 1. The van der Waals surface area contributed by atoms with Gasteiger partial charge in [0.2, 0.25) is 5.91 Å². The van der Waals surface area contributed by atoms with Gasteiger partial charge in [-0.1, -0.05) is 6.58 Å². The largest absolute Gasteiger partial charge is 0.449 e. The molecule has 70 valence electrons. The average molecular weight is 175 g/mol. The Labute approximate surface area is 70.5 Å². The highest BCUT2D eigenvalue weighted by Crippen LogP contribution is 1.69. The van der Waals surface area contributed by atoms with Gasteiger partial charge >= 0.3 is 6.09 Å². The van der Waals surface area contributed by atoms with Crippen LogP contribution in [-0.2, 0) is 9.53 Å². The SMILES string of the molecule is C=CC(N)=O.CCOC(=O)NN. The molecule has 0 fully saturated rings. The summed E-state index contributed by atoms with van der Waals surface area (Å²) in [7, 11) is 0. The van der Waals surface area contributed by atoms with Gasteiger partial charge in [0.15, 0.2) is 0 Å². The summed E-state index contributed by atoms with van der Waals surface area (Å²) in [5.74, 6) is 4.15. The number of primary amides is 1. The van der Waals surface area contributed by atoms with Crippen molar-refractivity contribution in [3.63, 3.8) is 0 Å². The van der Waals surface area contributed by atoms with Crippen LogP contribution in [-0.4, -0.2) is 18.6 Å². The lowest BCUT2D eigenvalue weighted by Crippen LogP contribution is -2.30. The lowest BCUT2D eigenvalue weighted by molar-refractivity contribution is -0.113. The molecule has 0 atom stereocenters. The number of ether oxygens (including phenoxy) is 1. The van der Waals surface area contributed by atoms with Crippen LogP contribution in [0, 0.1) is 0 Å². The van der Waals surface area contributed by atoms with E-state index in [1.807, 2.05) is 0 Å². The summed E-state index contributed by atoms with van der Waals surface area (Å²) in [5.41, 5.74) is 6.34. The zero-order valence-corrected chi connectivity index (χ0v) is 6.87. The Morgan fingerprint density at radius 2 is 2.08 bits per heavy atom. The Morgan fingerprint density at radius 3 is 2.17 bits per heavy atom. The average Bonchev–Trinajstić information content (AvgIpc) is 2.06. The summed E-state index contributed by atoms with van der Waals surface area (Å²) in [5, 5.41) is 0. The fraction of sp³-hybridized carbons (Fsp3) is 0.333. The number of amides is 2. The summed E-state index contributed by atoms with van der Waals surface area (Å²) >= 11 is 0. The molecule has 0 saturated heterocycles. The van der Waals surface area contributed by atoms with Crippen molar-refractivity contribution < 1.29 is 14.3 Å². The molecule has 0 aliphatic carbocycles. The van der Waals surface area contributed by atoms with Crippen LogP contribution < -0.4 is 17.0 Å². The van der Waals surface area contributed by atoms with Crippen molar-refractivity contribution in [2.24, 2.45) is 11.6 Å². The van der Waals surface area contributed by atoms with E-state index in [-0.39, 0.29) is 0 Å². The number of carbonyl (C=O) groups is 2. The molecule has 0 aromatic heterocycles. The predicted molar refractivity (Wildman–Crippen MR) is 43.7 cm³/mol. The van der Waals surface area contributed by atoms with E-state index in [1.165, 1.54) is 0 Å². The minimum atomic E-state index is -0.595. The van der Waals surface area contributed by atoms with E-state index in [2.05, 4.69) is 22.9 Å². The maximum absolute atomic E-state index is 9.95. The van der Waals surface area contributed by atoms with Gasteiger partial charge in [-0.2, -0.15) is 0 Å². The lowest BCUT2D eigenvalue weighted by atomic mass is 10.6. The van der Waals surface area contributed by atoms with Gasteiger partial charge in [0, 0.05) is 0 Å². The quantitative estimate of drug-likeness (QED) is 0.222. The maximum Gasteiger partial charge on any atom is 0.421 e. The number of hydrogen-bond acceptors (Lipinski definition) is 4. The number of rotatable bonds is 2. The summed E-state index contributed by atoms with van der Waals surface area (Å²) in [4.78, 5) is 19.4. The Balaban J connectivity index is 0. The fourth-order valence-electron chi connectivity index (χ4n) is 0.173. The van der Waals surface area contributed by atoms with Crippen molar-refractivity contribution in [3.05, 3.63) is 12.7 Å². The van der Waals surface area contributed by atoms with E-state index in [1.54, 1.807) is 12.3 Å². The first kappa shape index (κ1) is 13.1. The van der Waals surface area contributed by atoms with E-state index in [9.17, 15) is 9.59 Å². The van der Waals surface area contributed by atoms with Crippen molar-refractivity contribution in [1.29, 1.82) is 0 Å². The monoisotopic (exact) mass is 175 g/mol. The van der Waals surface area contributed by atoms with Gasteiger partial charge in [0.05, 0.1) is 6.61 Å². The fourth-order valence-corrected chi connectivity index (χ4v) is 0.173. The molecule has 6 heteroatoms. The molecule has 0 aromatic carbocycles. The molecule has 6 nitrogen and oxygen atoms in total. The van der Waals surface area contributed by atoms with Crippen LogP contribution in [0.25, 0.3) is 0 Å². The smallest absolute Gasteiger partial charge is 0.421 e. The molecule has 0 aromatic rings. The molecule has 0 bridgehead atoms. The third-order valence-electron chi connectivity index (χ3n) is 0.594. The molecule has 0 unspecified atom stereocenters. The number of carbonyl (C=O) groups excluding carboxylic acids is 2. The van der Waals surface area contributed by atoms with Gasteiger partial charge in [-0.15, -0.1) is 0 Å². The molecule has 0 saturated carbocycles. The summed E-state index contributed by atoms with van der Waals surface area (Å²) in [6.45, 7) is 5.14. The molecular weight excluding hydrogens is 162 g/mol. The summed E-state index contributed by atoms with van der Waals surface area (Å²) < 4.78 is 4.32. The molecule has 0 aliphatic rings. The van der Waals surface area contributed by atoms with Crippen LogP contribution in [0.1, 0.15) is 6.92 Å². The van der Waals surface area contributed by atoms with Crippen molar-refractivity contribution in [3.8, 4) is 0 Å². The van der Waals surface area contributed by atoms with Crippen molar-refractivity contribution >= 4 is 12.0 Å². The first-order valence-corrected chi connectivity index (χ1v) is 3.13. The van der Waals surface area contributed by atoms with E-state index in [4.69, 9.17) is 0 Å². The van der Waals surface area contributed by atoms with Crippen LogP contribution in [0.3, 0.4) is 0 Å². The molecular formula is C6H13N3O3. The minimum Gasteiger partial charge on any atom is -0.449 e. The second-order valence-corrected chi connectivity index (χ2v) is 1.47. The zero-order valence-electron chi connectivity index (χ0n) is 6.87. The predicted octanol–water partition coefficient (Wildman–Crippen LogP) is -0.736. The van der Waals surface area contributed by atoms with Crippen LogP contribution in [0.4, 0.5) is 4.79 Å². The molecule has 2 amide bonds. The highest BCUT2D eigenvalue weighted by Gasteiger charge is 1.90. The second kappa shape index (κ2) is 9.44. The van der Waals surface area contributed by atoms with E-state index >= 15 is 0 Å².